The van der Waals surface area contributed by atoms with E-state index in [-0.39, 0.29) is 53.1 Å². The first kappa shape index (κ1) is 25.1. The van der Waals surface area contributed by atoms with Crippen molar-refractivity contribution in [1.82, 2.24) is 9.80 Å². The highest BCUT2D eigenvalue weighted by atomic mass is 32.1. The molecule has 33 heavy (non-hydrogen) atoms. The first-order valence-corrected chi connectivity index (χ1v) is 12.1. The standard InChI is InChI=1S/C22H31N3O7S/c1-4-30-21(28)17-14(3)18(22(29)31-5-2)33-19(17)23-16(26)13-24-8-10-25(11-9-24)20(27)15-7-6-12-32-15/h15H,4-13H2,1-3H3,(H,23,26). The van der Waals surface area contributed by atoms with E-state index in [0.29, 0.717) is 38.3 Å². The van der Waals surface area contributed by atoms with E-state index in [2.05, 4.69) is 5.32 Å². The Morgan fingerprint density at radius 1 is 1.06 bits per heavy atom. The van der Waals surface area contributed by atoms with Gasteiger partial charge in [0.25, 0.3) is 5.91 Å². The highest BCUT2D eigenvalue weighted by Gasteiger charge is 2.31. The molecule has 1 unspecified atom stereocenters. The fraction of sp³-hybridized carbons (Fsp3) is 0.636. The Hall–Kier alpha value is -2.50. The Morgan fingerprint density at radius 3 is 2.33 bits per heavy atom. The quantitative estimate of drug-likeness (QED) is 0.558. The first-order chi connectivity index (χ1) is 15.8. The summed E-state index contributed by atoms with van der Waals surface area (Å²) < 4.78 is 15.7. The Balaban J connectivity index is 1.61. The minimum atomic E-state index is -0.599. The van der Waals surface area contributed by atoms with Crippen LogP contribution in [0.1, 0.15) is 52.3 Å². The number of ether oxygens (including phenoxy) is 3. The minimum absolute atomic E-state index is 0.0243. The number of carbonyl (C=O) groups excluding carboxylic acids is 4. The van der Waals surface area contributed by atoms with Crippen LogP contribution in [0.25, 0.3) is 0 Å². The molecule has 2 amide bonds. The number of amides is 2. The second-order valence-corrected chi connectivity index (χ2v) is 8.87. The molecule has 0 radical (unpaired) electrons. The third-order valence-electron chi connectivity index (χ3n) is 5.60. The normalized spacial score (nSPS) is 18.8. The molecule has 3 rings (SSSR count). The van der Waals surface area contributed by atoms with Crippen LogP contribution in [-0.2, 0) is 23.8 Å². The first-order valence-electron chi connectivity index (χ1n) is 11.3. The molecule has 0 bridgehead atoms. The van der Waals surface area contributed by atoms with Gasteiger partial charge in [-0.15, -0.1) is 11.3 Å². The van der Waals surface area contributed by atoms with E-state index in [4.69, 9.17) is 14.2 Å². The molecule has 3 heterocycles. The zero-order chi connectivity index (χ0) is 24.0. The number of carbonyl (C=O) groups is 4. The average Bonchev–Trinajstić information content (AvgIpc) is 3.42. The predicted octanol–water partition coefficient (Wildman–Crippen LogP) is 1.67. The zero-order valence-corrected chi connectivity index (χ0v) is 20.1. The van der Waals surface area contributed by atoms with Crippen LogP contribution in [0.3, 0.4) is 0 Å². The topological polar surface area (TPSA) is 114 Å². The smallest absolute Gasteiger partial charge is 0.348 e. The summed E-state index contributed by atoms with van der Waals surface area (Å²) in [5.41, 5.74) is 0.596. The number of thiophene rings is 1. The molecule has 11 heteroatoms. The predicted molar refractivity (Wildman–Crippen MR) is 122 cm³/mol. The molecule has 1 N–H and O–H groups in total. The van der Waals surface area contributed by atoms with Crippen molar-refractivity contribution in [2.45, 2.75) is 39.7 Å². The fourth-order valence-electron chi connectivity index (χ4n) is 3.91. The lowest BCUT2D eigenvalue weighted by Gasteiger charge is -2.35. The number of anilines is 1. The van der Waals surface area contributed by atoms with E-state index in [9.17, 15) is 19.2 Å². The van der Waals surface area contributed by atoms with Gasteiger partial charge in [0, 0.05) is 32.8 Å². The number of nitrogens with one attached hydrogen (secondary N) is 1. The molecule has 0 aromatic carbocycles. The van der Waals surface area contributed by atoms with Crippen LogP contribution < -0.4 is 5.32 Å². The molecular weight excluding hydrogens is 450 g/mol. The van der Waals surface area contributed by atoms with E-state index in [1.807, 2.05) is 4.90 Å². The van der Waals surface area contributed by atoms with E-state index in [0.717, 1.165) is 24.2 Å². The van der Waals surface area contributed by atoms with Crippen LogP contribution in [0.4, 0.5) is 5.00 Å². The summed E-state index contributed by atoms with van der Waals surface area (Å²) >= 11 is 1.00. The summed E-state index contributed by atoms with van der Waals surface area (Å²) in [6.07, 6.45) is 1.33. The molecule has 2 aliphatic heterocycles. The Kier molecular flexibility index (Phi) is 8.81. The third-order valence-corrected chi connectivity index (χ3v) is 6.78. The van der Waals surface area contributed by atoms with Crippen LogP contribution >= 0.6 is 11.3 Å². The number of hydrogen-bond donors (Lipinski definition) is 1. The lowest BCUT2D eigenvalue weighted by molar-refractivity contribution is -0.142. The van der Waals surface area contributed by atoms with Crippen LogP contribution in [0, 0.1) is 6.92 Å². The van der Waals surface area contributed by atoms with Crippen molar-refractivity contribution in [3.05, 3.63) is 16.0 Å². The van der Waals surface area contributed by atoms with Gasteiger partial charge in [-0.2, -0.15) is 0 Å². The van der Waals surface area contributed by atoms with Gasteiger partial charge in [-0.1, -0.05) is 0 Å². The second-order valence-electron chi connectivity index (χ2n) is 7.85. The minimum Gasteiger partial charge on any atom is -0.462 e. The maximum Gasteiger partial charge on any atom is 0.348 e. The third kappa shape index (κ3) is 6.10. The van der Waals surface area contributed by atoms with Crippen LogP contribution in [0.5, 0.6) is 0 Å². The molecule has 1 aromatic heterocycles. The highest BCUT2D eigenvalue weighted by Crippen LogP contribution is 2.34. The lowest BCUT2D eigenvalue weighted by atomic mass is 10.1. The molecular formula is C22H31N3O7S. The number of piperazine rings is 1. The molecule has 182 valence electrons. The van der Waals surface area contributed by atoms with Gasteiger partial charge in [-0.25, -0.2) is 9.59 Å². The number of rotatable bonds is 8. The average molecular weight is 482 g/mol. The Labute approximate surface area is 197 Å². The van der Waals surface area contributed by atoms with E-state index in [1.54, 1.807) is 25.7 Å². The molecule has 2 fully saturated rings. The van der Waals surface area contributed by atoms with E-state index >= 15 is 0 Å². The SMILES string of the molecule is CCOC(=O)c1sc(NC(=O)CN2CCN(C(=O)C3CCCO3)CC2)c(C(=O)OCC)c1C. The van der Waals surface area contributed by atoms with Gasteiger partial charge in [-0.05, 0) is 39.2 Å². The number of esters is 2. The van der Waals surface area contributed by atoms with Crippen LogP contribution in [0.2, 0.25) is 0 Å². The molecule has 0 aliphatic carbocycles. The maximum atomic E-state index is 12.7. The van der Waals surface area contributed by atoms with Gasteiger partial charge in [0.05, 0.1) is 25.3 Å². The summed E-state index contributed by atoms with van der Waals surface area (Å²) in [4.78, 5) is 54.0. The van der Waals surface area contributed by atoms with Crippen molar-refractivity contribution in [3.8, 4) is 0 Å². The van der Waals surface area contributed by atoms with Crippen molar-refractivity contribution in [3.63, 3.8) is 0 Å². The van der Waals surface area contributed by atoms with Gasteiger partial charge < -0.3 is 24.4 Å². The zero-order valence-electron chi connectivity index (χ0n) is 19.3. The fourth-order valence-corrected chi connectivity index (χ4v) is 5.02. The molecule has 10 nitrogen and oxygen atoms in total. The van der Waals surface area contributed by atoms with Gasteiger partial charge in [-0.3, -0.25) is 14.5 Å². The summed E-state index contributed by atoms with van der Waals surface area (Å²) in [6, 6.07) is 0. The van der Waals surface area contributed by atoms with Crippen molar-refractivity contribution >= 4 is 40.1 Å². The molecule has 2 saturated heterocycles. The van der Waals surface area contributed by atoms with Crippen molar-refractivity contribution in [1.29, 1.82) is 0 Å². The lowest BCUT2D eigenvalue weighted by Crippen LogP contribution is -2.52. The maximum absolute atomic E-state index is 12.7. The second kappa shape index (κ2) is 11.6. The molecule has 2 aliphatic rings. The monoisotopic (exact) mass is 481 g/mol. The van der Waals surface area contributed by atoms with Crippen molar-refractivity contribution < 1.29 is 33.4 Å². The molecule has 1 aromatic rings. The number of hydrogen-bond acceptors (Lipinski definition) is 9. The molecule has 0 saturated carbocycles. The Morgan fingerprint density at radius 2 is 1.73 bits per heavy atom. The summed E-state index contributed by atoms with van der Waals surface area (Å²) in [6.45, 7) is 8.32. The number of nitrogens with zero attached hydrogens (tertiary/aromatic N) is 2. The largest absolute Gasteiger partial charge is 0.462 e. The Bertz CT molecular complexity index is 887. The van der Waals surface area contributed by atoms with E-state index < -0.39 is 11.9 Å². The van der Waals surface area contributed by atoms with Gasteiger partial charge >= 0.3 is 11.9 Å². The van der Waals surface area contributed by atoms with Gasteiger partial charge in [0.2, 0.25) is 5.91 Å². The summed E-state index contributed by atoms with van der Waals surface area (Å²) in [5, 5.41) is 3.03. The summed E-state index contributed by atoms with van der Waals surface area (Å²) in [5.74, 6) is -1.43. The molecule has 1 atom stereocenters. The van der Waals surface area contributed by atoms with Crippen LogP contribution in [0.15, 0.2) is 0 Å². The van der Waals surface area contributed by atoms with Crippen molar-refractivity contribution in [2.24, 2.45) is 0 Å². The summed E-state index contributed by atoms with van der Waals surface area (Å²) in [7, 11) is 0. The van der Waals surface area contributed by atoms with Gasteiger partial charge in [0.1, 0.15) is 16.0 Å². The van der Waals surface area contributed by atoms with Gasteiger partial charge in [0.15, 0.2) is 0 Å². The van der Waals surface area contributed by atoms with E-state index in [1.165, 1.54) is 0 Å². The highest BCUT2D eigenvalue weighted by molar-refractivity contribution is 7.18. The van der Waals surface area contributed by atoms with Crippen LogP contribution in [-0.4, -0.2) is 92.2 Å². The molecule has 0 spiro atoms. The van der Waals surface area contributed by atoms with Crippen molar-refractivity contribution in [2.75, 3.05) is 57.9 Å².